The summed E-state index contributed by atoms with van der Waals surface area (Å²) in [5.41, 5.74) is 2.18. The first-order chi connectivity index (χ1) is 11.2. The molecule has 0 N–H and O–H groups in total. The molecule has 114 valence electrons. The maximum absolute atomic E-state index is 12.9. The van der Waals surface area contributed by atoms with E-state index in [9.17, 15) is 9.59 Å². The number of carbonyl (C=O) groups is 2. The number of ketones is 2. The molecule has 0 saturated heterocycles. The Kier molecular flexibility index (Phi) is 3.38. The van der Waals surface area contributed by atoms with Crippen molar-refractivity contribution in [2.75, 3.05) is 0 Å². The van der Waals surface area contributed by atoms with Gasteiger partial charge in [-0.25, -0.2) is 0 Å². The van der Waals surface area contributed by atoms with E-state index in [0.717, 1.165) is 29.3 Å². The molecule has 0 atom stereocenters. The van der Waals surface area contributed by atoms with Crippen molar-refractivity contribution in [1.82, 2.24) is 0 Å². The van der Waals surface area contributed by atoms with E-state index in [1.54, 1.807) is 29.5 Å². The van der Waals surface area contributed by atoms with E-state index < -0.39 is 0 Å². The molecule has 0 aliphatic heterocycles. The molecule has 3 aromatic rings. The van der Waals surface area contributed by atoms with Crippen molar-refractivity contribution in [1.29, 1.82) is 0 Å². The van der Waals surface area contributed by atoms with Crippen molar-refractivity contribution in [2.45, 2.75) is 26.2 Å². The standard InChI is InChI=1S/C20H16O2S/c1-2-3-6-12-11-16-17(23-12)10-9-15-18(16)20(22)14-8-5-4-7-13(14)19(15)21/h4-5,7-11H,2-3,6H2,1H3. The molecule has 0 fully saturated rings. The van der Waals surface area contributed by atoms with Gasteiger partial charge in [0.1, 0.15) is 0 Å². The zero-order chi connectivity index (χ0) is 16.0. The summed E-state index contributed by atoms with van der Waals surface area (Å²) in [6, 6.07) is 13.0. The Labute approximate surface area is 138 Å². The topological polar surface area (TPSA) is 34.1 Å². The van der Waals surface area contributed by atoms with Gasteiger partial charge in [0.25, 0.3) is 0 Å². The summed E-state index contributed by atoms with van der Waals surface area (Å²) in [5.74, 6) is -0.0703. The number of hydrogen-bond donors (Lipinski definition) is 0. The molecule has 1 aliphatic carbocycles. The monoisotopic (exact) mass is 320 g/mol. The quantitative estimate of drug-likeness (QED) is 0.531. The lowest BCUT2D eigenvalue weighted by atomic mass is 9.83. The molecule has 0 unspecified atom stereocenters. The summed E-state index contributed by atoms with van der Waals surface area (Å²) in [7, 11) is 0. The molecule has 23 heavy (non-hydrogen) atoms. The Hall–Kier alpha value is -2.26. The van der Waals surface area contributed by atoms with E-state index in [4.69, 9.17) is 0 Å². The summed E-state index contributed by atoms with van der Waals surface area (Å²) in [4.78, 5) is 27.0. The molecule has 0 amide bonds. The molecule has 0 radical (unpaired) electrons. The van der Waals surface area contributed by atoms with Gasteiger partial charge in [-0.15, -0.1) is 11.3 Å². The van der Waals surface area contributed by atoms with E-state index in [1.807, 2.05) is 18.2 Å². The third kappa shape index (κ3) is 2.15. The lowest BCUT2D eigenvalue weighted by Crippen LogP contribution is -2.20. The predicted octanol–water partition coefficient (Wildman–Crippen LogP) is 5.02. The Morgan fingerprint density at radius 3 is 2.39 bits per heavy atom. The lowest BCUT2D eigenvalue weighted by Gasteiger charge is -2.17. The minimum Gasteiger partial charge on any atom is -0.289 e. The normalized spacial score (nSPS) is 13.3. The SMILES string of the molecule is CCCCc1cc2c3c(ccc2s1)C(=O)c1ccccc1C3=O. The van der Waals surface area contributed by atoms with Crippen LogP contribution in [0.1, 0.15) is 56.5 Å². The maximum atomic E-state index is 12.9. The Morgan fingerprint density at radius 1 is 0.913 bits per heavy atom. The zero-order valence-corrected chi connectivity index (χ0v) is 13.7. The van der Waals surface area contributed by atoms with Crippen LogP contribution < -0.4 is 0 Å². The van der Waals surface area contributed by atoms with Gasteiger partial charge in [0.05, 0.1) is 0 Å². The number of carbonyl (C=O) groups excluding carboxylic acids is 2. The van der Waals surface area contributed by atoms with E-state index in [0.29, 0.717) is 22.3 Å². The molecular formula is C20H16O2S. The number of fused-ring (bicyclic) bond motifs is 4. The molecule has 2 aromatic carbocycles. The van der Waals surface area contributed by atoms with Crippen LogP contribution in [-0.4, -0.2) is 11.6 Å². The van der Waals surface area contributed by atoms with Crippen molar-refractivity contribution in [2.24, 2.45) is 0 Å². The minimum absolute atomic E-state index is 0.0272. The second-order valence-electron chi connectivity index (χ2n) is 5.92. The van der Waals surface area contributed by atoms with Crippen molar-refractivity contribution < 1.29 is 9.59 Å². The van der Waals surface area contributed by atoms with Gasteiger partial charge in [-0.3, -0.25) is 9.59 Å². The number of benzene rings is 2. The van der Waals surface area contributed by atoms with Crippen LogP contribution >= 0.6 is 11.3 Å². The highest BCUT2D eigenvalue weighted by Gasteiger charge is 2.31. The average molecular weight is 320 g/mol. The number of unbranched alkanes of at least 4 members (excludes halogenated alkanes) is 1. The summed E-state index contributed by atoms with van der Waals surface area (Å²) < 4.78 is 1.09. The molecule has 1 heterocycles. The molecule has 0 bridgehead atoms. The van der Waals surface area contributed by atoms with Gasteiger partial charge in [0.2, 0.25) is 0 Å². The van der Waals surface area contributed by atoms with Crippen LogP contribution in [0, 0.1) is 0 Å². The van der Waals surface area contributed by atoms with E-state index in [-0.39, 0.29) is 11.6 Å². The molecule has 2 nitrogen and oxygen atoms in total. The average Bonchev–Trinajstić information content (AvgIpc) is 3.00. The summed E-state index contributed by atoms with van der Waals surface area (Å²) >= 11 is 1.73. The van der Waals surface area contributed by atoms with Crippen LogP contribution in [0.15, 0.2) is 42.5 Å². The Morgan fingerprint density at radius 2 is 1.65 bits per heavy atom. The van der Waals surface area contributed by atoms with Crippen LogP contribution in [0.3, 0.4) is 0 Å². The van der Waals surface area contributed by atoms with Gasteiger partial charge in [0, 0.05) is 37.2 Å². The fraction of sp³-hybridized carbons (Fsp3) is 0.200. The summed E-state index contributed by atoms with van der Waals surface area (Å²) in [6.07, 6.45) is 3.32. The van der Waals surface area contributed by atoms with Crippen LogP contribution in [-0.2, 0) is 6.42 Å². The minimum atomic E-state index is -0.0431. The fourth-order valence-corrected chi connectivity index (χ4v) is 4.34. The first-order valence-electron chi connectivity index (χ1n) is 7.94. The van der Waals surface area contributed by atoms with Crippen molar-refractivity contribution in [3.05, 3.63) is 69.6 Å². The van der Waals surface area contributed by atoms with Gasteiger partial charge in [-0.05, 0) is 31.0 Å². The smallest absolute Gasteiger partial charge is 0.195 e. The molecule has 0 spiro atoms. The maximum Gasteiger partial charge on any atom is 0.195 e. The summed E-state index contributed by atoms with van der Waals surface area (Å²) in [6.45, 7) is 2.17. The highest BCUT2D eigenvalue weighted by Crippen LogP contribution is 2.36. The summed E-state index contributed by atoms with van der Waals surface area (Å²) in [5, 5.41) is 0.937. The molecule has 1 aliphatic rings. The number of aryl methyl sites for hydroxylation is 1. The Bertz CT molecular complexity index is 949. The van der Waals surface area contributed by atoms with E-state index >= 15 is 0 Å². The number of hydrogen-bond acceptors (Lipinski definition) is 3. The van der Waals surface area contributed by atoms with Crippen LogP contribution in [0.2, 0.25) is 0 Å². The Balaban J connectivity index is 1.93. The third-order valence-corrected chi connectivity index (χ3v) is 5.58. The van der Waals surface area contributed by atoms with E-state index in [1.165, 1.54) is 4.88 Å². The number of thiophene rings is 1. The van der Waals surface area contributed by atoms with Crippen LogP contribution in [0.25, 0.3) is 10.1 Å². The van der Waals surface area contributed by atoms with Gasteiger partial charge >= 0.3 is 0 Å². The van der Waals surface area contributed by atoms with E-state index in [2.05, 4.69) is 13.0 Å². The zero-order valence-electron chi connectivity index (χ0n) is 12.9. The van der Waals surface area contributed by atoms with Crippen molar-refractivity contribution in [3.63, 3.8) is 0 Å². The van der Waals surface area contributed by atoms with Gasteiger partial charge in [0.15, 0.2) is 11.6 Å². The number of rotatable bonds is 3. The molecule has 1 aromatic heterocycles. The molecule has 3 heteroatoms. The molecular weight excluding hydrogens is 304 g/mol. The first-order valence-corrected chi connectivity index (χ1v) is 8.76. The predicted molar refractivity (Wildman–Crippen MR) is 93.7 cm³/mol. The van der Waals surface area contributed by atoms with Gasteiger partial charge in [-0.1, -0.05) is 37.6 Å². The van der Waals surface area contributed by atoms with Crippen LogP contribution in [0.4, 0.5) is 0 Å². The lowest BCUT2D eigenvalue weighted by molar-refractivity contribution is 0.0980. The van der Waals surface area contributed by atoms with Gasteiger partial charge in [-0.2, -0.15) is 0 Å². The van der Waals surface area contributed by atoms with Crippen molar-refractivity contribution in [3.8, 4) is 0 Å². The molecule has 4 rings (SSSR count). The highest BCUT2D eigenvalue weighted by atomic mass is 32.1. The second kappa shape index (κ2) is 5.43. The largest absolute Gasteiger partial charge is 0.289 e. The first kappa shape index (κ1) is 14.3. The van der Waals surface area contributed by atoms with Crippen LogP contribution in [0.5, 0.6) is 0 Å². The van der Waals surface area contributed by atoms with Gasteiger partial charge < -0.3 is 0 Å². The third-order valence-electron chi connectivity index (χ3n) is 4.42. The molecule has 0 saturated carbocycles. The van der Waals surface area contributed by atoms with Crippen molar-refractivity contribution >= 4 is 33.0 Å². The second-order valence-corrected chi connectivity index (χ2v) is 7.09. The highest BCUT2D eigenvalue weighted by molar-refractivity contribution is 7.19. The fourth-order valence-electron chi connectivity index (χ4n) is 3.23.